The highest BCUT2D eigenvalue weighted by atomic mass is 19.1. The summed E-state index contributed by atoms with van der Waals surface area (Å²) < 4.78 is 33.9. The van der Waals surface area contributed by atoms with Crippen LogP contribution in [0.25, 0.3) is 22.0 Å². The number of aromatic nitrogens is 2. The van der Waals surface area contributed by atoms with E-state index < -0.39 is 5.95 Å². The summed E-state index contributed by atoms with van der Waals surface area (Å²) in [4.78, 5) is 13.1. The molecule has 202 valence electrons. The Hall–Kier alpha value is -4.30. The number of H-pyrrole nitrogens is 1. The molecule has 6 nitrogen and oxygen atoms in total. The maximum Gasteiger partial charge on any atom is 0.245 e. The molecular weight excluding hydrogens is 498 g/mol. The van der Waals surface area contributed by atoms with E-state index in [1.807, 2.05) is 43.3 Å². The lowest BCUT2D eigenvalue weighted by atomic mass is 9.88. The Bertz CT molecular complexity index is 1470. The smallest absolute Gasteiger partial charge is 0.245 e. The zero-order chi connectivity index (χ0) is 27.8. The van der Waals surface area contributed by atoms with Crippen molar-refractivity contribution in [1.82, 2.24) is 20.4 Å². The number of hydrogen-bond donors (Lipinski definition) is 2. The molecule has 0 saturated heterocycles. The van der Waals surface area contributed by atoms with Crippen LogP contribution in [0.4, 0.5) is 8.78 Å². The van der Waals surface area contributed by atoms with Crippen molar-refractivity contribution in [3.8, 4) is 5.75 Å². The van der Waals surface area contributed by atoms with E-state index >= 15 is 0 Å². The molecule has 0 atom stereocenters. The van der Waals surface area contributed by atoms with E-state index in [4.69, 9.17) is 4.74 Å². The topological polar surface area (TPSA) is 70.2 Å². The van der Waals surface area contributed by atoms with Crippen LogP contribution in [0.3, 0.4) is 0 Å². The standard InChI is InChI=1S/C31H32F2N4O2/c1-4-26(21-7-12-24(32)13-8-21)30(23-11-16-28-27(20-23)31(33)36-35-28)22-9-14-25(15-10-22)39-19-18-34-17-5-6-29(38)37(2)3/h5-16,20,34H,4,17-19H2,1-3H3,(H,35,36)/b6-5+,30-26+. The number of benzene rings is 3. The fourth-order valence-electron chi connectivity index (χ4n) is 4.28. The number of fused-ring (bicyclic) bond motifs is 1. The molecule has 1 heterocycles. The van der Waals surface area contributed by atoms with Gasteiger partial charge in [-0.25, -0.2) is 4.39 Å². The number of halogens is 2. The van der Waals surface area contributed by atoms with Gasteiger partial charge >= 0.3 is 0 Å². The van der Waals surface area contributed by atoms with Gasteiger partial charge in [0.1, 0.15) is 18.2 Å². The first-order chi connectivity index (χ1) is 18.9. The lowest BCUT2D eigenvalue weighted by Gasteiger charge is -2.17. The quantitative estimate of drug-likeness (QED) is 0.146. The Morgan fingerprint density at radius 3 is 2.38 bits per heavy atom. The predicted molar refractivity (Wildman–Crippen MR) is 151 cm³/mol. The second kappa shape index (κ2) is 13.0. The molecule has 2 N–H and O–H groups in total. The van der Waals surface area contributed by atoms with E-state index in [1.54, 1.807) is 38.4 Å². The van der Waals surface area contributed by atoms with Gasteiger partial charge in [-0.3, -0.25) is 9.89 Å². The third-order valence-corrected chi connectivity index (χ3v) is 6.31. The van der Waals surface area contributed by atoms with Crippen molar-refractivity contribution in [2.24, 2.45) is 0 Å². The monoisotopic (exact) mass is 530 g/mol. The molecule has 39 heavy (non-hydrogen) atoms. The lowest BCUT2D eigenvalue weighted by Crippen LogP contribution is -2.22. The van der Waals surface area contributed by atoms with Gasteiger partial charge in [0.05, 0.1) is 10.9 Å². The number of hydrogen-bond acceptors (Lipinski definition) is 4. The first-order valence-electron chi connectivity index (χ1n) is 12.8. The molecule has 0 unspecified atom stereocenters. The lowest BCUT2D eigenvalue weighted by molar-refractivity contribution is -0.123. The average Bonchev–Trinajstić information content (AvgIpc) is 3.31. The van der Waals surface area contributed by atoms with Crippen molar-refractivity contribution in [2.45, 2.75) is 13.3 Å². The Kier molecular flexibility index (Phi) is 9.22. The number of carbonyl (C=O) groups excluding carboxylic acids is 1. The first kappa shape index (κ1) is 27.7. The van der Waals surface area contributed by atoms with Crippen LogP contribution in [0.1, 0.15) is 30.0 Å². The molecule has 1 aromatic heterocycles. The highest BCUT2D eigenvalue weighted by molar-refractivity contribution is 6.00. The van der Waals surface area contributed by atoms with Gasteiger partial charge in [-0.2, -0.15) is 4.39 Å². The summed E-state index contributed by atoms with van der Waals surface area (Å²) in [5.74, 6) is -0.189. The number of allylic oxidation sites excluding steroid dienone is 1. The first-order valence-corrected chi connectivity index (χ1v) is 12.8. The Morgan fingerprint density at radius 1 is 1.00 bits per heavy atom. The number of rotatable bonds is 11. The summed E-state index contributed by atoms with van der Waals surface area (Å²) >= 11 is 0. The number of likely N-dealkylation sites (N-methyl/N-ethyl adjacent to an activating group) is 1. The number of ether oxygens (including phenoxy) is 1. The largest absolute Gasteiger partial charge is 0.492 e. The van der Waals surface area contributed by atoms with E-state index in [2.05, 4.69) is 15.5 Å². The minimum atomic E-state index is -0.553. The fourth-order valence-corrected chi connectivity index (χ4v) is 4.28. The molecule has 0 radical (unpaired) electrons. The summed E-state index contributed by atoms with van der Waals surface area (Å²) in [5, 5.41) is 10.0. The van der Waals surface area contributed by atoms with Crippen LogP contribution in [0.2, 0.25) is 0 Å². The highest BCUT2D eigenvalue weighted by Crippen LogP contribution is 2.36. The van der Waals surface area contributed by atoms with Crippen LogP contribution in [0.15, 0.2) is 78.9 Å². The molecular formula is C31H32F2N4O2. The van der Waals surface area contributed by atoms with Gasteiger partial charge in [0.25, 0.3) is 0 Å². The molecule has 0 aliphatic carbocycles. The Labute approximate surface area is 227 Å². The fraction of sp³-hybridized carbons (Fsp3) is 0.226. The van der Waals surface area contributed by atoms with Crippen molar-refractivity contribution in [3.05, 3.63) is 107 Å². The van der Waals surface area contributed by atoms with Crippen LogP contribution in [-0.4, -0.2) is 54.8 Å². The third kappa shape index (κ3) is 6.97. The molecule has 0 aliphatic rings. The molecule has 1 amide bonds. The molecule has 0 saturated carbocycles. The van der Waals surface area contributed by atoms with E-state index in [0.717, 1.165) is 33.6 Å². The van der Waals surface area contributed by atoms with Crippen LogP contribution in [0, 0.1) is 11.8 Å². The summed E-state index contributed by atoms with van der Waals surface area (Å²) in [6, 6.07) is 19.7. The number of amides is 1. The second-order valence-corrected chi connectivity index (χ2v) is 9.20. The molecule has 0 fully saturated rings. The zero-order valence-corrected chi connectivity index (χ0v) is 22.3. The van der Waals surface area contributed by atoms with E-state index in [0.29, 0.717) is 37.0 Å². The molecule has 0 aliphatic heterocycles. The van der Waals surface area contributed by atoms with Crippen molar-refractivity contribution in [1.29, 1.82) is 0 Å². The van der Waals surface area contributed by atoms with Crippen molar-refractivity contribution < 1.29 is 18.3 Å². The highest BCUT2D eigenvalue weighted by Gasteiger charge is 2.16. The number of aromatic amines is 1. The van der Waals surface area contributed by atoms with Crippen molar-refractivity contribution in [2.75, 3.05) is 33.8 Å². The van der Waals surface area contributed by atoms with E-state index in [9.17, 15) is 13.6 Å². The average molecular weight is 531 g/mol. The maximum atomic E-state index is 14.3. The maximum absolute atomic E-state index is 14.3. The minimum absolute atomic E-state index is 0.0537. The summed E-state index contributed by atoms with van der Waals surface area (Å²) in [6.45, 7) is 3.70. The van der Waals surface area contributed by atoms with Crippen molar-refractivity contribution >= 4 is 28.0 Å². The molecule has 4 aromatic rings. The molecule has 0 spiro atoms. The summed E-state index contributed by atoms with van der Waals surface area (Å²) in [7, 11) is 3.42. The molecule has 8 heteroatoms. The molecule has 0 bridgehead atoms. The van der Waals surface area contributed by atoms with Gasteiger partial charge < -0.3 is 15.0 Å². The SMILES string of the molecule is CC/C(=C(/c1ccc(OCCNC/C=C/C(=O)N(C)C)cc1)c1ccc2[nH]nc(F)c2c1)c1ccc(F)cc1. The van der Waals surface area contributed by atoms with Gasteiger partial charge in [-0.05, 0) is 70.7 Å². The molecule has 4 rings (SSSR count). The normalized spacial score (nSPS) is 12.1. The van der Waals surface area contributed by atoms with Gasteiger partial charge in [0.15, 0.2) is 0 Å². The number of carbonyl (C=O) groups is 1. The minimum Gasteiger partial charge on any atom is -0.492 e. The zero-order valence-electron chi connectivity index (χ0n) is 22.3. The van der Waals surface area contributed by atoms with Crippen LogP contribution >= 0.6 is 0 Å². The van der Waals surface area contributed by atoms with Crippen molar-refractivity contribution in [3.63, 3.8) is 0 Å². The summed E-state index contributed by atoms with van der Waals surface area (Å²) in [6.07, 6.45) is 4.00. The van der Waals surface area contributed by atoms with Crippen LogP contribution < -0.4 is 10.1 Å². The number of nitrogens with one attached hydrogen (secondary N) is 2. The van der Waals surface area contributed by atoms with E-state index in [1.165, 1.54) is 23.1 Å². The van der Waals surface area contributed by atoms with Crippen LogP contribution in [0.5, 0.6) is 5.75 Å². The van der Waals surface area contributed by atoms with E-state index in [-0.39, 0.29) is 11.7 Å². The van der Waals surface area contributed by atoms with Gasteiger partial charge in [0.2, 0.25) is 11.9 Å². The Balaban J connectivity index is 1.55. The Morgan fingerprint density at radius 2 is 1.69 bits per heavy atom. The summed E-state index contributed by atoms with van der Waals surface area (Å²) in [5.41, 5.74) is 5.22. The molecule has 3 aromatic carbocycles. The van der Waals surface area contributed by atoms with Gasteiger partial charge in [-0.1, -0.05) is 43.3 Å². The van der Waals surface area contributed by atoms with Gasteiger partial charge in [0, 0.05) is 33.3 Å². The third-order valence-electron chi connectivity index (χ3n) is 6.31. The second-order valence-electron chi connectivity index (χ2n) is 9.20. The predicted octanol–water partition coefficient (Wildman–Crippen LogP) is 5.82. The number of nitrogens with zero attached hydrogens (tertiary/aromatic N) is 2. The van der Waals surface area contributed by atoms with Crippen LogP contribution in [-0.2, 0) is 4.79 Å². The van der Waals surface area contributed by atoms with Gasteiger partial charge in [-0.15, -0.1) is 5.10 Å².